The van der Waals surface area contributed by atoms with Gasteiger partial charge in [-0.05, 0) is 38.8 Å². The molecule has 16 heavy (non-hydrogen) atoms. The fourth-order valence-electron chi connectivity index (χ4n) is 2.67. The Morgan fingerprint density at radius 3 is 2.56 bits per heavy atom. The van der Waals surface area contributed by atoms with Crippen LogP contribution >= 0.6 is 0 Å². The first kappa shape index (κ1) is 11.6. The Labute approximate surface area is 97.9 Å². The van der Waals surface area contributed by atoms with Gasteiger partial charge < -0.3 is 5.11 Å². The zero-order valence-corrected chi connectivity index (χ0v) is 10.1. The van der Waals surface area contributed by atoms with Crippen molar-refractivity contribution in [1.82, 2.24) is 4.90 Å². The number of benzene rings is 1. The monoisotopic (exact) mass is 219 g/mol. The van der Waals surface area contributed by atoms with Crippen LogP contribution in [0, 0.1) is 0 Å². The molecule has 0 amide bonds. The number of nitrogens with zero attached hydrogens (tertiary/aromatic N) is 1. The number of likely N-dealkylation sites (tertiary alicyclic amines) is 1. The fourth-order valence-corrected chi connectivity index (χ4v) is 2.67. The van der Waals surface area contributed by atoms with Gasteiger partial charge in [0, 0.05) is 12.1 Å². The first-order valence-electron chi connectivity index (χ1n) is 6.19. The lowest BCUT2D eigenvalue weighted by Crippen LogP contribution is -2.39. The Morgan fingerprint density at radius 1 is 1.31 bits per heavy atom. The van der Waals surface area contributed by atoms with Crippen molar-refractivity contribution in [2.24, 2.45) is 0 Å². The van der Waals surface area contributed by atoms with E-state index in [1.54, 1.807) is 0 Å². The van der Waals surface area contributed by atoms with E-state index in [0.29, 0.717) is 6.04 Å². The molecule has 0 aromatic heterocycles. The van der Waals surface area contributed by atoms with E-state index in [-0.39, 0.29) is 12.1 Å². The summed E-state index contributed by atoms with van der Waals surface area (Å²) >= 11 is 0. The molecule has 1 aliphatic heterocycles. The molecule has 1 heterocycles. The van der Waals surface area contributed by atoms with Crippen LogP contribution in [-0.4, -0.2) is 28.6 Å². The molecule has 3 unspecified atom stereocenters. The van der Waals surface area contributed by atoms with Crippen LogP contribution in [0.25, 0.3) is 0 Å². The highest BCUT2D eigenvalue weighted by molar-refractivity contribution is 5.18. The van der Waals surface area contributed by atoms with Crippen LogP contribution in [0.1, 0.15) is 38.4 Å². The minimum atomic E-state index is -0.373. The summed E-state index contributed by atoms with van der Waals surface area (Å²) in [4.78, 5) is 2.41. The van der Waals surface area contributed by atoms with Gasteiger partial charge in [-0.15, -0.1) is 0 Å². The predicted molar refractivity (Wildman–Crippen MR) is 66.3 cm³/mol. The van der Waals surface area contributed by atoms with E-state index in [1.165, 1.54) is 12.8 Å². The third-order valence-corrected chi connectivity index (χ3v) is 3.73. The first-order valence-corrected chi connectivity index (χ1v) is 6.19. The predicted octanol–water partition coefficient (Wildman–Crippen LogP) is 2.59. The molecule has 2 nitrogen and oxygen atoms in total. The van der Waals surface area contributed by atoms with Crippen LogP contribution < -0.4 is 0 Å². The molecule has 1 saturated heterocycles. The lowest BCUT2D eigenvalue weighted by Gasteiger charge is -2.32. The quantitative estimate of drug-likeness (QED) is 0.844. The minimum Gasteiger partial charge on any atom is -0.387 e. The number of hydrogen-bond acceptors (Lipinski definition) is 2. The Bertz CT molecular complexity index is 325. The summed E-state index contributed by atoms with van der Waals surface area (Å²) in [7, 11) is 0. The third-order valence-electron chi connectivity index (χ3n) is 3.73. The molecule has 88 valence electrons. The average Bonchev–Trinajstić information content (AvgIpc) is 2.75. The third kappa shape index (κ3) is 2.28. The van der Waals surface area contributed by atoms with Gasteiger partial charge >= 0.3 is 0 Å². The molecule has 1 aromatic carbocycles. The van der Waals surface area contributed by atoms with Crippen LogP contribution in [0.3, 0.4) is 0 Å². The first-order chi connectivity index (χ1) is 7.70. The summed E-state index contributed by atoms with van der Waals surface area (Å²) < 4.78 is 0. The largest absolute Gasteiger partial charge is 0.387 e. The molecular formula is C14H21NO. The van der Waals surface area contributed by atoms with Gasteiger partial charge in [0.1, 0.15) is 0 Å². The summed E-state index contributed by atoms with van der Waals surface area (Å²) in [5, 5.41) is 10.3. The molecule has 0 bridgehead atoms. The number of hydrogen-bond donors (Lipinski definition) is 1. The number of rotatable bonds is 3. The van der Waals surface area contributed by atoms with E-state index >= 15 is 0 Å². The van der Waals surface area contributed by atoms with Gasteiger partial charge in [0.2, 0.25) is 0 Å². The molecule has 3 atom stereocenters. The van der Waals surface area contributed by atoms with Crippen LogP contribution in [0.5, 0.6) is 0 Å². The average molecular weight is 219 g/mol. The van der Waals surface area contributed by atoms with Crippen molar-refractivity contribution in [3.63, 3.8) is 0 Å². The Kier molecular flexibility index (Phi) is 3.62. The second kappa shape index (κ2) is 4.98. The normalized spacial score (nSPS) is 25.6. The topological polar surface area (TPSA) is 23.5 Å². The lowest BCUT2D eigenvalue weighted by molar-refractivity contribution is 0.0543. The smallest absolute Gasteiger partial charge is 0.0942 e. The number of aliphatic hydroxyl groups is 1. The van der Waals surface area contributed by atoms with Crippen molar-refractivity contribution in [3.05, 3.63) is 35.9 Å². The summed E-state index contributed by atoms with van der Waals surface area (Å²) in [6, 6.07) is 10.8. The standard InChI is InChI=1S/C14H21NO/c1-11-7-6-10-15(11)12(2)14(16)13-8-4-3-5-9-13/h3-5,8-9,11-12,14,16H,6-7,10H2,1-2H3. The van der Waals surface area contributed by atoms with Crippen LogP contribution in [0.4, 0.5) is 0 Å². The molecule has 1 aromatic rings. The van der Waals surface area contributed by atoms with Crippen molar-refractivity contribution < 1.29 is 5.11 Å². The minimum absolute atomic E-state index is 0.208. The zero-order chi connectivity index (χ0) is 11.5. The molecule has 2 heteroatoms. The second-order valence-electron chi connectivity index (χ2n) is 4.83. The molecular weight excluding hydrogens is 198 g/mol. The maximum absolute atomic E-state index is 10.3. The van der Waals surface area contributed by atoms with E-state index in [1.807, 2.05) is 30.3 Å². The van der Waals surface area contributed by atoms with Gasteiger partial charge in [0.25, 0.3) is 0 Å². The highest BCUT2D eigenvalue weighted by atomic mass is 16.3. The van der Waals surface area contributed by atoms with Crippen molar-refractivity contribution in [2.45, 2.75) is 44.9 Å². The molecule has 0 saturated carbocycles. The van der Waals surface area contributed by atoms with Gasteiger partial charge in [-0.3, -0.25) is 4.90 Å². The molecule has 0 radical (unpaired) electrons. The molecule has 2 rings (SSSR count). The SMILES string of the molecule is CC1CCCN1C(C)C(O)c1ccccc1. The summed E-state index contributed by atoms with van der Waals surface area (Å²) in [6.07, 6.45) is 2.14. The van der Waals surface area contributed by atoms with Crippen LogP contribution in [0.15, 0.2) is 30.3 Å². The van der Waals surface area contributed by atoms with E-state index in [4.69, 9.17) is 0 Å². The Hall–Kier alpha value is -0.860. The van der Waals surface area contributed by atoms with Crippen molar-refractivity contribution in [3.8, 4) is 0 Å². The van der Waals surface area contributed by atoms with E-state index in [2.05, 4.69) is 18.7 Å². The zero-order valence-electron chi connectivity index (χ0n) is 10.1. The van der Waals surface area contributed by atoms with Crippen LogP contribution in [-0.2, 0) is 0 Å². The Balaban J connectivity index is 2.07. The summed E-state index contributed by atoms with van der Waals surface area (Å²) in [5.74, 6) is 0. The molecule has 1 fully saturated rings. The summed E-state index contributed by atoms with van der Waals surface area (Å²) in [5.41, 5.74) is 1.02. The molecule has 1 aliphatic rings. The maximum atomic E-state index is 10.3. The molecule has 0 spiro atoms. The van der Waals surface area contributed by atoms with Crippen LogP contribution in [0.2, 0.25) is 0 Å². The molecule has 1 N–H and O–H groups in total. The highest BCUT2D eigenvalue weighted by Gasteiger charge is 2.29. The van der Waals surface area contributed by atoms with Gasteiger partial charge in [-0.25, -0.2) is 0 Å². The van der Waals surface area contributed by atoms with Gasteiger partial charge in [0.15, 0.2) is 0 Å². The molecule has 0 aliphatic carbocycles. The van der Waals surface area contributed by atoms with Crippen molar-refractivity contribution >= 4 is 0 Å². The fraction of sp³-hybridized carbons (Fsp3) is 0.571. The highest BCUT2D eigenvalue weighted by Crippen LogP contribution is 2.27. The van der Waals surface area contributed by atoms with Crippen molar-refractivity contribution in [2.75, 3.05) is 6.54 Å². The maximum Gasteiger partial charge on any atom is 0.0942 e. The van der Waals surface area contributed by atoms with Gasteiger partial charge in [-0.1, -0.05) is 30.3 Å². The van der Waals surface area contributed by atoms with E-state index < -0.39 is 0 Å². The van der Waals surface area contributed by atoms with Crippen molar-refractivity contribution in [1.29, 1.82) is 0 Å². The lowest BCUT2D eigenvalue weighted by atomic mass is 10.0. The van der Waals surface area contributed by atoms with Gasteiger partial charge in [-0.2, -0.15) is 0 Å². The van der Waals surface area contributed by atoms with Gasteiger partial charge in [0.05, 0.1) is 6.10 Å². The summed E-state index contributed by atoms with van der Waals surface area (Å²) in [6.45, 7) is 5.49. The van der Waals surface area contributed by atoms with E-state index in [0.717, 1.165) is 12.1 Å². The van der Waals surface area contributed by atoms with E-state index in [9.17, 15) is 5.11 Å². The number of aliphatic hydroxyl groups excluding tert-OH is 1. The Morgan fingerprint density at radius 2 is 2.00 bits per heavy atom. The second-order valence-corrected chi connectivity index (χ2v) is 4.83.